The van der Waals surface area contributed by atoms with E-state index in [9.17, 15) is 13.5 Å². The van der Waals surface area contributed by atoms with Crippen molar-refractivity contribution in [1.82, 2.24) is 4.72 Å². The Hall–Kier alpha value is -1.13. The minimum absolute atomic E-state index is 0.0266. The Morgan fingerprint density at radius 3 is 2.40 bits per heavy atom. The number of nitriles is 1. The van der Waals surface area contributed by atoms with Gasteiger partial charge in [-0.3, -0.25) is 0 Å². The lowest BCUT2D eigenvalue weighted by Gasteiger charge is -2.30. The molecule has 0 aliphatic rings. The van der Waals surface area contributed by atoms with Crippen LogP contribution in [0.2, 0.25) is 5.02 Å². The van der Waals surface area contributed by atoms with Crippen molar-refractivity contribution in [3.8, 4) is 6.07 Å². The quantitative estimate of drug-likeness (QED) is 0.840. The molecule has 0 unspecified atom stereocenters. The first kappa shape index (κ1) is 16.9. The number of hydrogen-bond acceptors (Lipinski definition) is 4. The lowest BCUT2D eigenvalue weighted by molar-refractivity contribution is 0.172. The van der Waals surface area contributed by atoms with Crippen LogP contribution in [0.25, 0.3) is 0 Å². The molecule has 0 fully saturated rings. The molecule has 0 bridgehead atoms. The maximum Gasteiger partial charge on any atom is 0.241 e. The first-order valence-electron chi connectivity index (χ1n) is 6.18. The summed E-state index contributed by atoms with van der Waals surface area (Å²) in [7, 11) is -3.81. The molecule has 1 rings (SSSR count). The van der Waals surface area contributed by atoms with Crippen LogP contribution in [0.15, 0.2) is 23.1 Å². The highest BCUT2D eigenvalue weighted by molar-refractivity contribution is 7.89. The third kappa shape index (κ3) is 3.49. The van der Waals surface area contributed by atoms with Crippen molar-refractivity contribution in [2.24, 2.45) is 0 Å². The lowest BCUT2D eigenvalue weighted by Crippen LogP contribution is -2.50. The third-order valence-corrected chi connectivity index (χ3v) is 5.27. The number of aliphatic hydroxyl groups is 1. The molecule has 0 saturated heterocycles. The molecule has 0 saturated carbocycles. The summed E-state index contributed by atoms with van der Waals surface area (Å²) in [4.78, 5) is -0.0266. The lowest BCUT2D eigenvalue weighted by atomic mass is 9.96. The molecule has 1 aromatic carbocycles. The Bertz CT molecular complexity index is 611. The molecule has 0 heterocycles. The van der Waals surface area contributed by atoms with Crippen molar-refractivity contribution in [1.29, 1.82) is 5.26 Å². The van der Waals surface area contributed by atoms with Gasteiger partial charge in [-0.1, -0.05) is 25.4 Å². The summed E-state index contributed by atoms with van der Waals surface area (Å²) in [5, 5.41) is 18.3. The molecule has 110 valence electrons. The van der Waals surface area contributed by atoms with Crippen LogP contribution in [0.3, 0.4) is 0 Å². The Balaban J connectivity index is 3.18. The highest BCUT2D eigenvalue weighted by Gasteiger charge is 2.31. The fourth-order valence-corrected chi connectivity index (χ4v) is 3.60. The van der Waals surface area contributed by atoms with Gasteiger partial charge in [0.05, 0.1) is 27.6 Å². The van der Waals surface area contributed by atoms with E-state index < -0.39 is 15.6 Å². The Morgan fingerprint density at radius 2 is 2.00 bits per heavy atom. The third-order valence-electron chi connectivity index (χ3n) is 3.38. The second-order valence-electron chi connectivity index (χ2n) is 4.50. The van der Waals surface area contributed by atoms with Crippen LogP contribution < -0.4 is 4.72 Å². The number of nitrogens with zero attached hydrogens (tertiary/aromatic N) is 1. The van der Waals surface area contributed by atoms with Crippen LogP contribution in [0.1, 0.15) is 32.3 Å². The largest absolute Gasteiger partial charge is 0.394 e. The summed E-state index contributed by atoms with van der Waals surface area (Å²) < 4.78 is 27.1. The van der Waals surface area contributed by atoms with Crippen LogP contribution in [0, 0.1) is 11.3 Å². The fourth-order valence-electron chi connectivity index (χ4n) is 1.75. The van der Waals surface area contributed by atoms with Gasteiger partial charge in [-0.2, -0.15) is 5.26 Å². The van der Waals surface area contributed by atoms with Gasteiger partial charge in [-0.15, -0.1) is 0 Å². The van der Waals surface area contributed by atoms with Crippen molar-refractivity contribution in [3.63, 3.8) is 0 Å². The van der Waals surface area contributed by atoms with Gasteiger partial charge in [0.2, 0.25) is 10.0 Å². The molecule has 0 aliphatic carbocycles. The zero-order valence-corrected chi connectivity index (χ0v) is 12.9. The van der Waals surface area contributed by atoms with Crippen molar-refractivity contribution in [3.05, 3.63) is 28.8 Å². The summed E-state index contributed by atoms with van der Waals surface area (Å²) in [5.74, 6) is 0. The molecule has 5 nitrogen and oxygen atoms in total. The van der Waals surface area contributed by atoms with Gasteiger partial charge >= 0.3 is 0 Å². The van der Waals surface area contributed by atoms with E-state index in [-0.39, 0.29) is 22.1 Å². The number of benzene rings is 1. The molecule has 7 heteroatoms. The van der Waals surface area contributed by atoms with E-state index in [2.05, 4.69) is 4.72 Å². The SMILES string of the molecule is CCC(CC)(CO)NS(=O)(=O)c1ccc(C#N)c(Cl)c1. The second-order valence-corrected chi connectivity index (χ2v) is 6.59. The molecule has 1 aromatic rings. The first-order chi connectivity index (χ1) is 9.34. The average molecular weight is 317 g/mol. The van der Waals surface area contributed by atoms with E-state index in [0.29, 0.717) is 12.8 Å². The van der Waals surface area contributed by atoms with Gasteiger partial charge in [0.25, 0.3) is 0 Å². The Morgan fingerprint density at radius 1 is 1.40 bits per heavy atom. The second kappa shape index (κ2) is 6.55. The van der Waals surface area contributed by atoms with Gasteiger partial charge in [-0.25, -0.2) is 13.1 Å². The molecule has 0 spiro atoms. The molecule has 0 aromatic heterocycles. The zero-order chi connectivity index (χ0) is 15.4. The molecular formula is C13H17ClN2O3S. The predicted octanol–water partition coefficient (Wildman–Crippen LogP) is 2.04. The minimum atomic E-state index is -3.81. The van der Waals surface area contributed by atoms with Gasteiger partial charge in [0.1, 0.15) is 6.07 Å². The number of halogens is 1. The Kier molecular flexibility index (Phi) is 5.54. The number of sulfonamides is 1. The molecule has 0 radical (unpaired) electrons. The number of hydrogen-bond donors (Lipinski definition) is 2. The van der Waals surface area contributed by atoms with E-state index in [4.69, 9.17) is 16.9 Å². The smallest absolute Gasteiger partial charge is 0.241 e. The van der Waals surface area contributed by atoms with Crippen molar-refractivity contribution in [2.45, 2.75) is 37.1 Å². The number of nitrogens with one attached hydrogen (secondary N) is 1. The number of aliphatic hydroxyl groups excluding tert-OH is 1. The van der Waals surface area contributed by atoms with Gasteiger partial charge in [0, 0.05) is 0 Å². The van der Waals surface area contributed by atoms with Gasteiger partial charge in [0.15, 0.2) is 0 Å². The van der Waals surface area contributed by atoms with Crippen LogP contribution >= 0.6 is 11.6 Å². The summed E-state index contributed by atoms with van der Waals surface area (Å²) in [6.07, 6.45) is 0.923. The van der Waals surface area contributed by atoms with Crippen LogP contribution in [-0.2, 0) is 10.0 Å². The first-order valence-corrected chi connectivity index (χ1v) is 8.04. The number of rotatable bonds is 6. The average Bonchev–Trinajstić information content (AvgIpc) is 2.44. The monoisotopic (exact) mass is 316 g/mol. The highest BCUT2D eigenvalue weighted by atomic mass is 35.5. The van der Waals surface area contributed by atoms with Crippen LogP contribution in [0.4, 0.5) is 0 Å². The van der Waals surface area contributed by atoms with E-state index in [1.165, 1.54) is 18.2 Å². The fraction of sp³-hybridized carbons (Fsp3) is 0.462. The van der Waals surface area contributed by atoms with Crippen molar-refractivity contribution in [2.75, 3.05) is 6.61 Å². The maximum atomic E-state index is 12.3. The van der Waals surface area contributed by atoms with Gasteiger partial charge < -0.3 is 5.11 Å². The van der Waals surface area contributed by atoms with E-state index in [0.717, 1.165) is 0 Å². The van der Waals surface area contributed by atoms with E-state index in [1.54, 1.807) is 13.8 Å². The van der Waals surface area contributed by atoms with E-state index in [1.807, 2.05) is 6.07 Å². The van der Waals surface area contributed by atoms with Crippen molar-refractivity contribution < 1.29 is 13.5 Å². The summed E-state index contributed by atoms with van der Waals surface area (Å²) in [6, 6.07) is 5.78. The van der Waals surface area contributed by atoms with Crippen LogP contribution in [-0.4, -0.2) is 25.7 Å². The molecular weight excluding hydrogens is 300 g/mol. The topological polar surface area (TPSA) is 90.2 Å². The summed E-state index contributed by atoms with van der Waals surface area (Å²) >= 11 is 5.84. The summed E-state index contributed by atoms with van der Waals surface area (Å²) in [5.41, 5.74) is -0.677. The standard InChI is InChI=1S/C13H17ClN2O3S/c1-3-13(4-2,9-17)16-20(18,19)11-6-5-10(8-15)12(14)7-11/h5-7,16-17H,3-4,9H2,1-2H3. The van der Waals surface area contributed by atoms with Gasteiger partial charge in [-0.05, 0) is 31.0 Å². The normalized spacial score (nSPS) is 12.2. The maximum absolute atomic E-state index is 12.3. The van der Waals surface area contributed by atoms with E-state index >= 15 is 0 Å². The minimum Gasteiger partial charge on any atom is -0.394 e. The molecule has 0 amide bonds. The zero-order valence-electron chi connectivity index (χ0n) is 11.4. The molecule has 0 aliphatic heterocycles. The molecule has 20 heavy (non-hydrogen) atoms. The highest BCUT2D eigenvalue weighted by Crippen LogP contribution is 2.23. The predicted molar refractivity (Wildman–Crippen MR) is 76.9 cm³/mol. The van der Waals surface area contributed by atoms with Crippen LogP contribution in [0.5, 0.6) is 0 Å². The molecule has 2 N–H and O–H groups in total. The molecule has 0 atom stereocenters. The summed E-state index contributed by atoms with van der Waals surface area (Å²) in [6.45, 7) is 3.31. The Labute approximate surface area is 124 Å². The van der Waals surface area contributed by atoms with Crippen molar-refractivity contribution >= 4 is 21.6 Å².